The summed E-state index contributed by atoms with van der Waals surface area (Å²) in [5.41, 5.74) is -1.89. The Morgan fingerprint density at radius 1 is 1.28 bits per heavy atom. The van der Waals surface area contributed by atoms with Crippen molar-refractivity contribution in [2.75, 3.05) is 0 Å². The van der Waals surface area contributed by atoms with Crippen molar-refractivity contribution in [2.45, 2.75) is 56.8 Å². The molecule has 1 heterocycles. The van der Waals surface area contributed by atoms with E-state index in [9.17, 15) is 23.1 Å². The Balaban J connectivity index is 1.72. The lowest BCUT2D eigenvalue weighted by atomic mass is 9.80. The van der Waals surface area contributed by atoms with Crippen LogP contribution in [0.2, 0.25) is 0 Å². The Hall–Kier alpha value is -1.89. The van der Waals surface area contributed by atoms with Gasteiger partial charge in [-0.15, -0.1) is 0 Å². The number of nitrogens with zero attached hydrogens (tertiary/aromatic N) is 2. The predicted molar refractivity (Wildman–Crippen MR) is 86.6 cm³/mol. The van der Waals surface area contributed by atoms with Crippen LogP contribution in [0.3, 0.4) is 0 Å². The van der Waals surface area contributed by atoms with E-state index in [2.05, 4.69) is 5.10 Å². The maximum atomic E-state index is 13.6. The lowest BCUT2D eigenvalue weighted by Gasteiger charge is -2.38. The van der Waals surface area contributed by atoms with Crippen molar-refractivity contribution in [2.24, 2.45) is 11.0 Å². The number of rotatable bonds is 4. The Kier molecular flexibility index (Phi) is 4.86. The molecule has 1 aromatic carbocycles. The topological polar surface area (TPSA) is 52.9 Å². The van der Waals surface area contributed by atoms with E-state index >= 15 is 0 Å². The lowest BCUT2D eigenvalue weighted by Crippen LogP contribution is -2.61. The van der Waals surface area contributed by atoms with Gasteiger partial charge in [0.2, 0.25) is 5.91 Å². The van der Waals surface area contributed by atoms with Crippen LogP contribution >= 0.6 is 0 Å². The fourth-order valence-corrected chi connectivity index (χ4v) is 3.66. The van der Waals surface area contributed by atoms with E-state index in [0.29, 0.717) is 36.4 Å². The summed E-state index contributed by atoms with van der Waals surface area (Å²) in [5, 5.41) is 14.6. The number of hydrazone groups is 1. The van der Waals surface area contributed by atoms with Crippen LogP contribution in [-0.2, 0) is 11.2 Å². The van der Waals surface area contributed by atoms with Gasteiger partial charge in [0.15, 0.2) is 0 Å². The number of fused-ring (bicyclic) bond motifs is 1. The average Bonchev–Trinajstić information content (AvgIpc) is 2.90. The summed E-state index contributed by atoms with van der Waals surface area (Å²) in [5.74, 6) is -1.92. The number of aryl methyl sites for hydroxylation is 1. The number of hydrogen-bond acceptors (Lipinski definition) is 3. The van der Waals surface area contributed by atoms with E-state index in [1.54, 1.807) is 0 Å². The fraction of sp³-hybridized carbons (Fsp3) is 0.556. The van der Waals surface area contributed by atoms with Gasteiger partial charge in [-0.1, -0.05) is 36.8 Å². The molecule has 1 aliphatic heterocycles. The molecule has 1 aromatic rings. The van der Waals surface area contributed by atoms with Crippen molar-refractivity contribution in [3.05, 3.63) is 35.9 Å². The third-order valence-electron chi connectivity index (χ3n) is 4.97. The van der Waals surface area contributed by atoms with Gasteiger partial charge in [0, 0.05) is 12.1 Å². The normalized spacial score (nSPS) is 26.3. The number of aliphatic hydroxyl groups is 1. The number of hydrogen-bond donors (Lipinski definition) is 1. The molecule has 3 rings (SSSR count). The second-order valence-corrected chi connectivity index (χ2v) is 6.66. The monoisotopic (exact) mass is 354 g/mol. The third-order valence-corrected chi connectivity index (χ3v) is 4.97. The first-order chi connectivity index (χ1) is 11.8. The quantitative estimate of drug-likeness (QED) is 0.897. The Morgan fingerprint density at radius 2 is 2.00 bits per heavy atom. The molecule has 1 saturated carbocycles. The fourth-order valence-electron chi connectivity index (χ4n) is 3.66. The Bertz CT molecular complexity index is 660. The van der Waals surface area contributed by atoms with Gasteiger partial charge < -0.3 is 5.11 Å². The molecule has 0 bridgehead atoms. The molecule has 4 nitrogen and oxygen atoms in total. The smallest absolute Gasteiger partial charge is 0.362 e. The van der Waals surface area contributed by atoms with Gasteiger partial charge in [0.25, 0.3) is 5.72 Å². The van der Waals surface area contributed by atoms with Gasteiger partial charge in [-0.25, -0.2) is 0 Å². The molecule has 1 aliphatic carbocycles. The second-order valence-electron chi connectivity index (χ2n) is 6.66. The maximum absolute atomic E-state index is 13.6. The highest BCUT2D eigenvalue weighted by Gasteiger charge is 2.68. The van der Waals surface area contributed by atoms with Gasteiger partial charge in [-0.2, -0.15) is 23.3 Å². The molecule has 136 valence electrons. The average molecular weight is 354 g/mol. The zero-order valence-electron chi connectivity index (χ0n) is 13.8. The third kappa shape index (κ3) is 3.29. The summed E-state index contributed by atoms with van der Waals surface area (Å²) >= 11 is 0. The number of halogens is 3. The molecule has 1 amide bonds. The molecule has 0 radical (unpaired) electrons. The summed E-state index contributed by atoms with van der Waals surface area (Å²) in [6.45, 7) is 0. The van der Waals surface area contributed by atoms with Crippen LogP contribution in [0.15, 0.2) is 35.4 Å². The zero-order chi connectivity index (χ0) is 18.1. The van der Waals surface area contributed by atoms with Crippen LogP contribution in [0.4, 0.5) is 13.2 Å². The van der Waals surface area contributed by atoms with E-state index in [-0.39, 0.29) is 12.8 Å². The van der Waals surface area contributed by atoms with Crippen LogP contribution in [0, 0.1) is 5.92 Å². The van der Waals surface area contributed by atoms with Gasteiger partial charge >= 0.3 is 6.18 Å². The first-order valence-corrected chi connectivity index (χ1v) is 8.57. The number of alkyl halides is 3. The van der Waals surface area contributed by atoms with Crippen LogP contribution < -0.4 is 0 Å². The minimum absolute atomic E-state index is 0.0865. The first-order valence-electron chi connectivity index (χ1n) is 8.57. The SMILES string of the molecule is O=C(CCCc1ccccc1)N1N=C2CCCC[C@@H]2[C@]1(O)C(F)(F)F. The molecule has 1 fully saturated rings. The van der Waals surface area contributed by atoms with Crippen LogP contribution in [0.1, 0.15) is 44.1 Å². The minimum atomic E-state index is -4.94. The molecule has 2 atom stereocenters. The van der Waals surface area contributed by atoms with Crippen molar-refractivity contribution in [3.8, 4) is 0 Å². The highest BCUT2D eigenvalue weighted by Crippen LogP contribution is 2.48. The standard InChI is InChI=1S/C18H21F3N2O2/c19-18(20,21)17(25)14-10-4-5-11-15(14)22-23(17)16(24)12-6-9-13-7-2-1-3-8-13/h1-3,7-8,14,25H,4-6,9-12H2/t14-,17-/m0/s1. The van der Waals surface area contributed by atoms with E-state index in [4.69, 9.17) is 0 Å². The van der Waals surface area contributed by atoms with Gasteiger partial charge in [0.1, 0.15) is 0 Å². The van der Waals surface area contributed by atoms with Crippen molar-refractivity contribution in [3.63, 3.8) is 0 Å². The van der Waals surface area contributed by atoms with Crippen molar-refractivity contribution < 1.29 is 23.1 Å². The molecule has 0 spiro atoms. The molecule has 7 heteroatoms. The lowest BCUT2D eigenvalue weighted by molar-refractivity contribution is -0.317. The molecule has 0 unspecified atom stereocenters. The summed E-state index contributed by atoms with van der Waals surface area (Å²) in [6.07, 6.45) is -2.10. The van der Waals surface area contributed by atoms with E-state index < -0.39 is 23.7 Å². The molecular weight excluding hydrogens is 333 g/mol. The molecule has 0 aromatic heterocycles. The summed E-state index contributed by atoms with van der Waals surface area (Å²) in [6, 6.07) is 9.43. The largest absolute Gasteiger partial charge is 0.439 e. The number of carbonyl (C=O) groups excluding carboxylic acids is 1. The van der Waals surface area contributed by atoms with Gasteiger partial charge in [0.05, 0.1) is 5.92 Å². The molecule has 1 N–H and O–H groups in total. The zero-order valence-corrected chi connectivity index (χ0v) is 13.8. The van der Waals surface area contributed by atoms with E-state index in [1.165, 1.54) is 0 Å². The number of carbonyl (C=O) groups is 1. The minimum Gasteiger partial charge on any atom is -0.362 e. The van der Waals surface area contributed by atoms with Crippen LogP contribution in [-0.4, -0.2) is 33.6 Å². The molecule has 0 saturated heterocycles. The van der Waals surface area contributed by atoms with Crippen molar-refractivity contribution >= 4 is 11.6 Å². The molecular formula is C18H21F3N2O2. The summed E-state index contributed by atoms with van der Waals surface area (Å²) in [4.78, 5) is 12.4. The highest BCUT2D eigenvalue weighted by atomic mass is 19.4. The van der Waals surface area contributed by atoms with E-state index in [1.807, 2.05) is 30.3 Å². The van der Waals surface area contributed by atoms with Gasteiger partial charge in [-0.05, 0) is 37.7 Å². The van der Waals surface area contributed by atoms with E-state index in [0.717, 1.165) is 12.0 Å². The second kappa shape index (κ2) is 6.78. The van der Waals surface area contributed by atoms with Gasteiger partial charge in [-0.3, -0.25) is 4.79 Å². The van der Waals surface area contributed by atoms with Crippen LogP contribution in [0.5, 0.6) is 0 Å². The summed E-state index contributed by atoms with van der Waals surface area (Å²) < 4.78 is 40.8. The predicted octanol–water partition coefficient (Wildman–Crippen LogP) is 3.65. The Labute approximate surface area is 144 Å². The highest BCUT2D eigenvalue weighted by molar-refractivity contribution is 5.93. The Morgan fingerprint density at radius 3 is 2.68 bits per heavy atom. The number of benzene rings is 1. The first kappa shape index (κ1) is 17.9. The number of amides is 1. The summed E-state index contributed by atoms with van der Waals surface area (Å²) in [7, 11) is 0. The maximum Gasteiger partial charge on any atom is 0.439 e. The molecule has 2 aliphatic rings. The molecule has 25 heavy (non-hydrogen) atoms. The van der Waals surface area contributed by atoms with Crippen molar-refractivity contribution in [1.82, 2.24) is 5.01 Å². The van der Waals surface area contributed by atoms with Crippen LogP contribution in [0.25, 0.3) is 0 Å². The van der Waals surface area contributed by atoms with Crippen molar-refractivity contribution in [1.29, 1.82) is 0 Å².